The second-order valence-corrected chi connectivity index (χ2v) is 8.97. The van der Waals surface area contributed by atoms with Crippen LogP contribution < -0.4 is 20.7 Å². The molecule has 0 aliphatic carbocycles. The van der Waals surface area contributed by atoms with Crippen LogP contribution in [0.2, 0.25) is 10.0 Å². The predicted octanol–water partition coefficient (Wildman–Crippen LogP) is 4.74. The molecule has 2 heterocycles. The number of halogens is 2. The number of guanidine groups is 1. The fraction of sp³-hybridized carbons (Fsp3) is 0.269. The number of hydrogen-bond acceptors (Lipinski definition) is 6. The molecule has 35 heavy (non-hydrogen) atoms. The van der Waals surface area contributed by atoms with Crippen LogP contribution in [0.15, 0.2) is 53.7 Å². The van der Waals surface area contributed by atoms with Gasteiger partial charge in [-0.25, -0.2) is 4.98 Å². The Kier molecular flexibility index (Phi) is 8.10. The molecule has 3 N–H and O–H groups in total. The summed E-state index contributed by atoms with van der Waals surface area (Å²) >= 11 is 12.1. The van der Waals surface area contributed by atoms with Crippen LogP contribution in [0, 0.1) is 6.92 Å². The quantitative estimate of drug-likeness (QED) is 0.406. The van der Waals surface area contributed by atoms with Crippen molar-refractivity contribution in [3.8, 4) is 17.0 Å². The maximum atomic E-state index is 13.2. The normalized spacial score (nSPS) is 12.6. The highest BCUT2D eigenvalue weighted by atomic mass is 35.5. The van der Waals surface area contributed by atoms with Crippen molar-refractivity contribution in [2.75, 3.05) is 19.7 Å². The molecule has 0 spiro atoms. The smallest absolute Gasteiger partial charge is 0.251 e. The zero-order valence-electron chi connectivity index (χ0n) is 19.6. The third-order valence-corrected chi connectivity index (χ3v) is 6.15. The number of nitrogens with zero attached hydrogens (tertiary/aromatic N) is 2. The van der Waals surface area contributed by atoms with Crippen molar-refractivity contribution >= 4 is 35.1 Å². The van der Waals surface area contributed by atoms with Crippen molar-refractivity contribution in [2.24, 2.45) is 4.99 Å². The Bertz CT molecular complexity index is 1260. The molecule has 0 saturated carbocycles. The van der Waals surface area contributed by atoms with Crippen LogP contribution in [-0.4, -0.2) is 36.5 Å². The van der Waals surface area contributed by atoms with E-state index in [0.29, 0.717) is 41.2 Å². The van der Waals surface area contributed by atoms with Gasteiger partial charge >= 0.3 is 0 Å². The summed E-state index contributed by atoms with van der Waals surface area (Å²) in [6.07, 6.45) is 1.77. The minimum Gasteiger partial charge on any atom is -0.478 e. The van der Waals surface area contributed by atoms with Gasteiger partial charge in [-0.15, -0.1) is 0 Å². The molecule has 182 valence electrons. The molecule has 0 fully saturated rings. The number of rotatable bonds is 8. The second-order valence-electron chi connectivity index (χ2n) is 8.16. The van der Waals surface area contributed by atoms with Gasteiger partial charge in [0.05, 0.1) is 23.2 Å². The first-order valence-electron chi connectivity index (χ1n) is 11.4. The number of ether oxygens (including phenoxy) is 1. The molecule has 0 bridgehead atoms. The third kappa shape index (κ3) is 6.44. The maximum Gasteiger partial charge on any atom is 0.251 e. The number of pyridine rings is 1. The van der Waals surface area contributed by atoms with Crippen molar-refractivity contribution in [2.45, 2.75) is 26.9 Å². The van der Waals surface area contributed by atoms with Crippen LogP contribution in [0.4, 0.5) is 0 Å². The van der Waals surface area contributed by atoms with Gasteiger partial charge < -0.3 is 20.7 Å². The number of amides is 1. The summed E-state index contributed by atoms with van der Waals surface area (Å²) < 4.78 is 5.77. The monoisotopic (exact) mass is 511 g/mol. The van der Waals surface area contributed by atoms with Gasteiger partial charge in [0.25, 0.3) is 5.91 Å². The third-order valence-electron chi connectivity index (χ3n) is 5.41. The summed E-state index contributed by atoms with van der Waals surface area (Å²) in [6, 6.07) is 13.1. The van der Waals surface area contributed by atoms with Gasteiger partial charge in [0, 0.05) is 37.0 Å². The lowest BCUT2D eigenvalue weighted by atomic mass is 9.99. The fourth-order valence-corrected chi connectivity index (χ4v) is 4.05. The SMILES string of the molecule is CCOc1ncc(C)cc1-c1cc(CNC2=NCCN2)cc(C(=O)NCc2ccc(Cl)c(Cl)c2)c1. The summed E-state index contributed by atoms with van der Waals surface area (Å²) in [7, 11) is 0. The Morgan fingerprint density at radius 2 is 1.94 bits per heavy atom. The molecule has 1 aliphatic rings. The van der Waals surface area contributed by atoms with E-state index in [1.807, 2.05) is 44.2 Å². The number of aryl methyl sites for hydroxylation is 1. The maximum absolute atomic E-state index is 13.2. The Balaban J connectivity index is 1.63. The minimum atomic E-state index is -0.200. The summed E-state index contributed by atoms with van der Waals surface area (Å²) in [4.78, 5) is 22.0. The first-order chi connectivity index (χ1) is 16.9. The van der Waals surface area contributed by atoms with Crippen molar-refractivity contribution in [1.82, 2.24) is 20.9 Å². The molecular weight excluding hydrogens is 485 g/mol. The van der Waals surface area contributed by atoms with Crippen molar-refractivity contribution < 1.29 is 9.53 Å². The summed E-state index contributed by atoms with van der Waals surface area (Å²) in [6.45, 7) is 6.79. The summed E-state index contributed by atoms with van der Waals surface area (Å²) in [5.74, 6) is 1.09. The highest BCUT2D eigenvalue weighted by Crippen LogP contribution is 2.31. The van der Waals surface area contributed by atoms with Crippen LogP contribution >= 0.6 is 23.2 Å². The molecule has 0 unspecified atom stereocenters. The molecule has 7 nitrogen and oxygen atoms in total. The van der Waals surface area contributed by atoms with Gasteiger partial charge in [0.15, 0.2) is 5.96 Å². The first-order valence-corrected chi connectivity index (χ1v) is 12.2. The minimum absolute atomic E-state index is 0.200. The standard InChI is InChI=1S/C26H27Cl2N5O2/c1-3-35-25-21(8-16(2)13-32-25)19-9-18(15-33-26-29-6-7-30-26)10-20(12-19)24(34)31-14-17-4-5-22(27)23(28)11-17/h4-5,8-13H,3,6-7,14-15H2,1-2H3,(H,31,34)(H2,29,30,33). The number of aliphatic imine (C=N–C) groups is 1. The molecule has 9 heteroatoms. The van der Waals surface area contributed by atoms with E-state index in [-0.39, 0.29) is 5.91 Å². The summed E-state index contributed by atoms with van der Waals surface area (Å²) in [5, 5.41) is 10.4. The number of nitrogens with one attached hydrogen (secondary N) is 3. The Morgan fingerprint density at radius 3 is 2.69 bits per heavy atom. The van der Waals surface area contributed by atoms with Crippen molar-refractivity contribution in [1.29, 1.82) is 0 Å². The fourth-order valence-electron chi connectivity index (χ4n) is 3.73. The highest BCUT2D eigenvalue weighted by Gasteiger charge is 2.15. The first kappa shape index (κ1) is 24.8. The van der Waals surface area contributed by atoms with Crippen LogP contribution in [0.5, 0.6) is 5.88 Å². The zero-order chi connectivity index (χ0) is 24.8. The van der Waals surface area contributed by atoms with Gasteiger partial charge in [-0.3, -0.25) is 9.79 Å². The molecule has 1 aliphatic heterocycles. The lowest BCUT2D eigenvalue weighted by Crippen LogP contribution is -2.33. The number of benzene rings is 2. The molecule has 1 amide bonds. The van der Waals surface area contributed by atoms with Gasteiger partial charge in [0.2, 0.25) is 5.88 Å². The Hall–Kier alpha value is -3.29. The molecule has 1 aromatic heterocycles. The van der Waals surface area contributed by atoms with E-state index in [4.69, 9.17) is 27.9 Å². The van der Waals surface area contributed by atoms with Crippen molar-refractivity contribution in [3.05, 3.63) is 81.0 Å². The average molecular weight is 512 g/mol. The second kappa shape index (κ2) is 11.4. The van der Waals surface area contributed by atoms with Gasteiger partial charge in [0.1, 0.15) is 0 Å². The molecule has 0 saturated heterocycles. The van der Waals surface area contributed by atoms with Crippen LogP contribution in [0.3, 0.4) is 0 Å². The number of carbonyl (C=O) groups excluding carboxylic acids is 1. The lowest BCUT2D eigenvalue weighted by Gasteiger charge is -2.15. The Morgan fingerprint density at radius 1 is 1.09 bits per heavy atom. The highest BCUT2D eigenvalue weighted by molar-refractivity contribution is 6.42. The molecule has 0 radical (unpaired) electrons. The molecular formula is C26H27Cl2N5O2. The van der Waals surface area contributed by atoms with Gasteiger partial charge in [-0.1, -0.05) is 29.3 Å². The number of carbonyl (C=O) groups is 1. The average Bonchev–Trinajstić information content (AvgIpc) is 3.38. The van der Waals surface area contributed by atoms with E-state index in [9.17, 15) is 4.79 Å². The topological polar surface area (TPSA) is 87.6 Å². The number of aromatic nitrogens is 1. The van der Waals surface area contributed by atoms with Gasteiger partial charge in [-0.05, 0) is 72.5 Å². The largest absolute Gasteiger partial charge is 0.478 e. The van der Waals surface area contributed by atoms with Crippen LogP contribution in [0.1, 0.15) is 34.0 Å². The van der Waals surface area contributed by atoms with Gasteiger partial charge in [-0.2, -0.15) is 0 Å². The summed E-state index contributed by atoms with van der Waals surface area (Å²) in [5.41, 5.74) is 5.01. The van der Waals surface area contributed by atoms with E-state index >= 15 is 0 Å². The molecule has 0 atom stereocenters. The Labute approximate surface area is 214 Å². The molecule has 2 aromatic carbocycles. The van der Waals surface area contributed by atoms with Crippen LogP contribution in [0.25, 0.3) is 11.1 Å². The predicted molar refractivity (Wildman–Crippen MR) is 140 cm³/mol. The lowest BCUT2D eigenvalue weighted by molar-refractivity contribution is 0.0951. The zero-order valence-corrected chi connectivity index (χ0v) is 21.1. The van der Waals surface area contributed by atoms with Crippen molar-refractivity contribution in [3.63, 3.8) is 0 Å². The van der Waals surface area contributed by atoms with E-state index in [0.717, 1.165) is 46.9 Å². The molecule has 4 rings (SSSR count). The molecule has 3 aromatic rings. The van der Waals surface area contributed by atoms with E-state index in [1.165, 1.54) is 0 Å². The van der Waals surface area contributed by atoms with E-state index in [1.54, 1.807) is 18.3 Å². The number of hydrogen-bond donors (Lipinski definition) is 3. The van der Waals surface area contributed by atoms with E-state index in [2.05, 4.69) is 25.9 Å². The van der Waals surface area contributed by atoms with Crippen LogP contribution in [-0.2, 0) is 13.1 Å². The van der Waals surface area contributed by atoms with E-state index < -0.39 is 0 Å².